The van der Waals surface area contributed by atoms with Crippen LogP contribution in [0.3, 0.4) is 0 Å². The number of halogens is 1. The number of nitrogens with zero attached hydrogens (tertiary/aromatic N) is 1. The standard InChI is InChI=1S/C18H21FN2O2/c1-14-7-3-5-9-16(14)20-18(22)13-21(2)11-12-23-17-10-6-4-8-15(17)19/h3-10H,11-13H2,1-2H3,(H,20,22). The van der Waals surface area contributed by atoms with Crippen LogP contribution in [0.5, 0.6) is 5.75 Å². The van der Waals surface area contributed by atoms with Crippen LogP contribution in [0, 0.1) is 12.7 Å². The molecular weight excluding hydrogens is 295 g/mol. The van der Waals surface area contributed by atoms with Crippen LogP contribution in [0.4, 0.5) is 10.1 Å². The molecule has 0 saturated carbocycles. The van der Waals surface area contributed by atoms with Gasteiger partial charge in [-0.1, -0.05) is 30.3 Å². The Morgan fingerprint density at radius 2 is 1.87 bits per heavy atom. The fraction of sp³-hybridized carbons (Fsp3) is 0.278. The Hall–Kier alpha value is -2.40. The lowest BCUT2D eigenvalue weighted by Gasteiger charge is -2.17. The van der Waals surface area contributed by atoms with Gasteiger partial charge in [-0.05, 0) is 37.7 Å². The second-order valence-corrected chi connectivity index (χ2v) is 5.38. The van der Waals surface area contributed by atoms with Crippen LogP contribution < -0.4 is 10.1 Å². The van der Waals surface area contributed by atoms with Gasteiger partial charge < -0.3 is 10.1 Å². The highest BCUT2D eigenvalue weighted by atomic mass is 19.1. The van der Waals surface area contributed by atoms with Crippen molar-refractivity contribution in [2.45, 2.75) is 6.92 Å². The summed E-state index contributed by atoms with van der Waals surface area (Å²) < 4.78 is 18.8. The molecule has 0 aliphatic carbocycles. The number of nitrogens with one attached hydrogen (secondary N) is 1. The number of carbonyl (C=O) groups is 1. The zero-order valence-corrected chi connectivity index (χ0v) is 13.4. The molecule has 122 valence electrons. The first-order valence-electron chi connectivity index (χ1n) is 7.47. The maximum absolute atomic E-state index is 13.4. The number of rotatable bonds is 7. The molecule has 0 fully saturated rings. The van der Waals surface area contributed by atoms with E-state index in [1.807, 2.05) is 43.1 Å². The molecule has 1 amide bonds. The normalized spacial score (nSPS) is 10.6. The number of ether oxygens (including phenoxy) is 1. The summed E-state index contributed by atoms with van der Waals surface area (Å²) >= 11 is 0. The maximum atomic E-state index is 13.4. The molecule has 5 heteroatoms. The fourth-order valence-corrected chi connectivity index (χ4v) is 2.10. The molecule has 0 aromatic heterocycles. The Kier molecular flexibility index (Phi) is 6.11. The molecule has 0 bridgehead atoms. The van der Waals surface area contributed by atoms with Crippen LogP contribution in [0.15, 0.2) is 48.5 Å². The zero-order chi connectivity index (χ0) is 16.7. The van der Waals surface area contributed by atoms with Gasteiger partial charge in [0.2, 0.25) is 5.91 Å². The molecule has 0 spiro atoms. The number of hydrogen-bond acceptors (Lipinski definition) is 3. The minimum absolute atomic E-state index is 0.0901. The van der Waals surface area contributed by atoms with Crippen LogP contribution in [0.25, 0.3) is 0 Å². The van der Waals surface area contributed by atoms with Crippen molar-refractivity contribution in [1.29, 1.82) is 0 Å². The zero-order valence-electron chi connectivity index (χ0n) is 13.4. The Balaban J connectivity index is 1.74. The number of carbonyl (C=O) groups excluding carboxylic acids is 1. The smallest absolute Gasteiger partial charge is 0.238 e. The number of anilines is 1. The summed E-state index contributed by atoms with van der Waals surface area (Å²) in [4.78, 5) is 13.8. The van der Waals surface area contributed by atoms with Crippen molar-refractivity contribution >= 4 is 11.6 Å². The van der Waals surface area contributed by atoms with Crippen molar-refractivity contribution in [3.05, 3.63) is 59.9 Å². The van der Waals surface area contributed by atoms with E-state index in [0.29, 0.717) is 13.2 Å². The van der Waals surface area contributed by atoms with Gasteiger partial charge in [0, 0.05) is 12.2 Å². The molecule has 23 heavy (non-hydrogen) atoms. The summed E-state index contributed by atoms with van der Waals surface area (Å²) in [7, 11) is 1.82. The molecule has 2 rings (SSSR count). The average Bonchev–Trinajstić information content (AvgIpc) is 2.51. The first-order valence-corrected chi connectivity index (χ1v) is 7.47. The third kappa shape index (κ3) is 5.38. The van der Waals surface area contributed by atoms with Gasteiger partial charge in [0.1, 0.15) is 6.61 Å². The van der Waals surface area contributed by atoms with Crippen LogP contribution in [0.2, 0.25) is 0 Å². The van der Waals surface area contributed by atoms with E-state index in [9.17, 15) is 9.18 Å². The van der Waals surface area contributed by atoms with Crippen molar-refractivity contribution < 1.29 is 13.9 Å². The highest BCUT2D eigenvalue weighted by Gasteiger charge is 2.09. The quantitative estimate of drug-likeness (QED) is 0.853. The summed E-state index contributed by atoms with van der Waals surface area (Å²) in [6, 6.07) is 13.9. The number of likely N-dealkylation sites (N-methyl/N-ethyl adjacent to an activating group) is 1. The SMILES string of the molecule is Cc1ccccc1NC(=O)CN(C)CCOc1ccccc1F. The second-order valence-electron chi connectivity index (χ2n) is 5.38. The molecule has 4 nitrogen and oxygen atoms in total. The third-order valence-electron chi connectivity index (χ3n) is 3.40. The van der Waals surface area contributed by atoms with Gasteiger partial charge in [-0.15, -0.1) is 0 Å². The minimum Gasteiger partial charge on any atom is -0.489 e. The Morgan fingerprint density at radius 3 is 2.61 bits per heavy atom. The van der Waals surface area contributed by atoms with E-state index in [4.69, 9.17) is 4.74 Å². The molecule has 0 unspecified atom stereocenters. The van der Waals surface area contributed by atoms with Crippen molar-refractivity contribution in [2.75, 3.05) is 32.1 Å². The molecular formula is C18H21FN2O2. The largest absolute Gasteiger partial charge is 0.489 e. The number of para-hydroxylation sites is 2. The van der Waals surface area contributed by atoms with Crippen molar-refractivity contribution in [2.24, 2.45) is 0 Å². The average molecular weight is 316 g/mol. The van der Waals surface area contributed by atoms with Gasteiger partial charge >= 0.3 is 0 Å². The number of aryl methyl sites for hydroxylation is 1. The predicted octanol–water partition coefficient (Wildman–Crippen LogP) is 3.08. The van der Waals surface area contributed by atoms with Crippen LogP contribution >= 0.6 is 0 Å². The van der Waals surface area contributed by atoms with Gasteiger partial charge in [-0.3, -0.25) is 9.69 Å². The second kappa shape index (κ2) is 8.29. The number of amides is 1. The maximum Gasteiger partial charge on any atom is 0.238 e. The van der Waals surface area contributed by atoms with Crippen LogP contribution in [0.1, 0.15) is 5.56 Å². The van der Waals surface area contributed by atoms with Crippen molar-refractivity contribution in [1.82, 2.24) is 4.90 Å². The van der Waals surface area contributed by atoms with Gasteiger partial charge in [0.05, 0.1) is 6.54 Å². The van der Waals surface area contributed by atoms with Gasteiger partial charge in [-0.2, -0.15) is 0 Å². The molecule has 2 aromatic rings. The molecule has 0 radical (unpaired) electrons. The van der Waals surface area contributed by atoms with E-state index in [2.05, 4.69) is 5.32 Å². The molecule has 0 aliphatic rings. The van der Waals surface area contributed by atoms with Crippen molar-refractivity contribution in [3.63, 3.8) is 0 Å². The predicted molar refractivity (Wildman–Crippen MR) is 89.2 cm³/mol. The van der Waals surface area contributed by atoms with E-state index >= 15 is 0 Å². The van der Waals surface area contributed by atoms with E-state index < -0.39 is 0 Å². The first kappa shape index (κ1) is 17.0. The summed E-state index contributed by atoms with van der Waals surface area (Å²) in [6.07, 6.45) is 0. The van der Waals surface area contributed by atoms with Crippen LogP contribution in [-0.2, 0) is 4.79 Å². The number of hydrogen-bond donors (Lipinski definition) is 1. The summed E-state index contributed by atoms with van der Waals surface area (Å²) in [5, 5.41) is 2.88. The summed E-state index contributed by atoms with van der Waals surface area (Å²) in [6.45, 7) is 3.03. The fourth-order valence-electron chi connectivity index (χ4n) is 2.10. The van der Waals surface area contributed by atoms with E-state index in [1.165, 1.54) is 6.07 Å². The highest BCUT2D eigenvalue weighted by molar-refractivity contribution is 5.92. The lowest BCUT2D eigenvalue weighted by atomic mass is 10.2. The third-order valence-corrected chi connectivity index (χ3v) is 3.40. The Labute approximate surface area is 135 Å². The number of benzene rings is 2. The van der Waals surface area contributed by atoms with E-state index in [-0.39, 0.29) is 24.0 Å². The first-order chi connectivity index (χ1) is 11.1. The van der Waals surface area contributed by atoms with Gasteiger partial charge in [0.15, 0.2) is 11.6 Å². The lowest BCUT2D eigenvalue weighted by molar-refractivity contribution is -0.117. The molecule has 0 heterocycles. The summed E-state index contributed by atoms with van der Waals surface area (Å²) in [5.41, 5.74) is 1.83. The molecule has 1 N–H and O–H groups in total. The van der Waals surface area contributed by atoms with Gasteiger partial charge in [-0.25, -0.2) is 4.39 Å². The Bertz CT molecular complexity index is 661. The highest BCUT2D eigenvalue weighted by Crippen LogP contribution is 2.15. The topological polar surface area (TPSA) is 41.6 Å². The molecule has 0 atom stereocenters. The van der Waals surface area contributed by atoms with Crippen LogP contribution in [-0.4, -0.2) is 37.6 Å². The molecule has 2 aromatic carbocycles. The Morgan fingerprint density at radius 1 is 1.17 bits per heavy atom. The molecule has 0 aliphatic heterocycles. The summed E-state index contributed by atoms with van der Waals surface area (Å²) in [5.74, 6) is -0.245. The lowest BCUT2D eigenvalue weighted by Crippen LogP contribution is -2.33. The molecule has 0 saturated heterocycles. The monoisotopic (exact) mass is 316 g/mol. The van der Waals surface area contributed by atoms with E-state index in [1.54, 1.807) is 18.2 Å². The minimum atomic E-state index is -0.382. The van der Waals surface area contributed by atoms with E-state index in [0.717, 1.165) is 11.3 Å². The van der Waals surface area contributed by atoms with Gasteiger partial charge in [0.25, 0.3) is 0 Å². The van der Waals surface area contributed by atoms with Crippen molar-refractivity contribution in [3.8, 4) is 5.75 Å².